The number of hydrogen-bond donors (Lipinski definition) is 0. The number of carbonyl (C=O) groups is 2. The average molecular weight is 198 g/mol. The number of carbonyl (C=O) groups excluding carboxylic acids is 2. The van der Waals surface area contributed by atoms with E-state index < -0.39 is 0 Å². The Hall–Kier alpha value is -0.860. The van der Waals surface area contributed by atoms with Gasteiger partial charge in [-0.3, -0.25) is 9.59 Å². The summed E-state index contributed by atoms with van der Waals surface area (Å²) in [6, 6.07) is 0. The van der Waals surface area contributed by atoms with Crippen LogP contribution in [0.25, 0.3) is 0 Å². The SMILES string of the molecule is CCOC(=O)CCC1CCCCC1=O. The Morgan fingerprint density at radius 1 is 1.50 bits per heavy atom. The quantitative estimate of drug-likeness (QED) is 0.650. The fourth-order valence-electron chi connectivity index (χ4n) is 1.89. The van der Waals surface area contributed by atoms with E-state index in [4.69, 9.17) is 4.74 Å². The minimum absolute atomic E-state index is 0.119. The number of ether oxygens (including phenoxy) is 1. The number of ketones is 1. The molecule has 0 N–H and O–H groups in total. The molecule has 0 spiro atoms. The van der Waals surface area contributed by atoms with Gasteiger partial charge in [-0.15, -0.1) is 0 Å². The van der Waals surface area contributed by atoms with Crippen LogP contribution < -0.4 is 0 Å². The van der Waals surface area contributed by atoms with Crippen LogP contribution in [-0.4, -0.2) is 18.4 Å². The molecule has 1 saturated carbocycles. The maximum absolute atomic E-state index is 11.4. The highest BCUT2D eigenvalue weighted by Gasteiger charge is 2.22. The van der Waals surface area contributed by atoms with Crippen molar-refractivity contribution in [3.63, 3.8) is 0 Å². The first-order chi connectivity index (χ1) is 6.74. The predicted octanol–water partition coefficient (Wildman–Crippen LogP) is 2.09. The Labute approximate surface area is 84.8 Å². The van der Waals surface area contributed by atoms with E-state index >= 15 is 0 Å². The summed E-state index contributed by atoms with van der Waals surface area (Å²) in [6.07, 6.45) is 4.88. The Morgan fingerprint density at radius 2 is 2.29 bits per heavy atom. The number of Topliss-reactive ketones (excluding diaryl/α,β-unsaturated/α-hetero) is 1. The van der Waals surface area contributed by atoms with E-state index in [1.165, 1.54) is 0 Å². The second kappa shape index (κ2) is 5.78. The van der Waals surface area contributed by atoms with E-state index in [0.717, 1.165) is 19.3 Å². The van der Waals surface area contributed by atoms with Crippen LogP contribution >= 0.6 is 0 Å². The summed E-state index contributed by atoms with van der Waals surface area (Å²) in [6.45, 7) is 2.22. The third-order valence-corrected chi connectivity index (χ3v) is 2.68. The molecule has 0 aromatic heterocycles. The minimum Gasteiger partial charge on any atom is -0.466 e. The Kier molecular flexibility index (Phi) is 4.63. The highest BCUT2D eigenvalue weighted by molar-refractivity contribution is 5.82. The maximum Gasteiger partial charge on any atom is 0.305 e. The van der Waals surface area contributed by atoms with E-state index in [0.29, 0.717) is 31.7 Å². The molecule has 1 rings (SSSR count). The van der Waals surface area contributed by atoms with Gasteiger partial charge in [-0.05, 0) is 26.2 Å². The second-order valence-corrected chi connectivity index (χ2v) is 3.75. The van der Waals surface area contributed by atoms with Gasteiger partial charge in [0.25, 0.3) is 0 Å². The van der Waals surface area contributed by atoms with Crippen molar-refractivity contribution in [2.24, 2.45) is 5.92 Å². The van der Waals surface area contributed by atoms with Gasteiger partial charge in [-0.1, -0.05) is 6.42 Å². The van der Waals surface area contributed by atoms with Crippen molar-refractivity contribution in [1.82, 2.24) is 0 Å². The third-order valence-electron chi connectivity index (χ3n) is 2.68. The summed E-state index contributed by atoms with van der Waals surface area (Å²) in [5, 5.41) is 0. The van der Waals surface area contributed by atoms with Gasteiger partial charge in [0.05, 0.1) is 6.61 Å². The zero-order valence-electron chi connectivity index (χ0n) is 8.75. The zero-order valence-corrected chi connectivity index (χ0v) is 8.75. The van der Waals surface area contributed by atoms with E-state index in [9.17, 15) is 9.59 Å². The minimum atomic E-state index is -0.175. The molecule has 80 valence electrons. The van der Waals surface area contributed by atoms with Crippen molar-refractivity contribution < 1.29 is 14.3 Å². The van der Waals surface area contributed by atoms with Crippen molar-refractivity contribution in [2.45, 2.75) is 45.4 Å². The van der Waals surface area contributed by atoms with Crippen molar-refractivity contribution in [2.75, 3.05) is 6.61 Å². The average Bonchev–Trinajstić information content (AvgIpc) is 2.17. The number of rotatable bonds is 4. The van der Waals surface area contributed by atoms with Crippen molar-refractivity contribution >= 4 is 11.8 Å². The van der Waals surface area contributed by atoms with Gasteiger partial charge in [-0.2, -0.15) is 0 Å². The predicted molar refractivity (Wildman–Crippen MR) is 52.8 cm³/mol. The number of esters is 1. The van der Waals surface area contributed by atoms with Gasteiger partial charge >= 0.3 is 5.97 Å². The lowest BCUT2D eigenvalue weighted by Gasteiger charge is -2.19. The molecular formula is C11H18O3. The van der Waals surface area contributed by atoms with Crippen molar-refractivity contribution in [1.29, 1.82) is 0 Å². The summed E-state index contributed by atoms with van der Waals surface area (Å²) in [5.41, 5.74) is 0. The molecule has 0 aromatic rings. The van der Waals surface area contributed by atoms with E-state index in [-0.39, 0.29) is 11.9 Å². The molecule has 0 bridgehead atoms. The van der Waals surface area contributed by atoms with Crippen LogP contribution in [-0.2, 0) is 14.3 Å². The second-order valence-electron chi connectivity index (χ2n) is 3.75. The molecule has 1 aliphatic rings. The molecule has 1 atom stereocenters. The molecule has 1 unspecified atom stereocenters. The van der Waals surface area contributed by atoms with Gasteiger partial charge in [0.2, 0.25) is 0 Å². The van der Waals surface area contributed by atoms with E-state index in [2.05, 4.69) is 0 Å². The van der Waals surface area contributed by atoms with Gasteiger partial charge in [-0.25, -0.2) is 0 Å². The van der Waals surface area contributed by atoms with Crippen LogP contribution in [0.15, 0.2) is 0 Å². The van der Waals surface area contributed by atoms with E-state index in [1.54, 1.807) is 6.92 Å². The molecule has 0 radical (unpaired) electrons. The summed E-state index contributed by atoms with van der Waals surface area (Å²) < 4.78 is 4.82. The first kappa shape index (κ1) is 11.2. The molecule has 1 fully saturated rings. The monoisotopic (exact) mass is 198 g/mol. The molecule has 14 heavy (non-hydrogen) atoms. The fraction of sp³-hybridized carbons (Fsp3) is 0.818. The zero-order chi connectivity index (χ0) is 10.4. The summed E-state index contributed by atoms with van der Waals surface area (Å²) in [4.78, 5) is 22.5. The van der Waals surface area contributed by atoms with Crippen LogP contribution in [0.3, 0.4) is 0 Å². The highest BCUT2D eigenvalue weighted by atomic mass is 16.5. The van der Waals surface area contributed by atoms with Crippen LogP contribution in [0, 0.1) is 5.92 Å². The van der Waals surface area contributed by atoms with Crippen molar-refractivity contribution in [3.8, 4) is 0 Å². The fourth-order valence-corrected chi connectivity index (χ4v) is 1.89. The standard InChI is InChI=1S/C11H18O3/c1-2-14-11(13)8-7-9-5-3-4-6-10(9)12/h9H,2-8H2,1H3. The molecular weight excluding hydrogens is 180 g/mol. The molecule has 0 amide bonds. The maximum atomic E-state index is 11.4. The molecule has 0 heterocycles. The topological polar surface area (TPSA) is 43.4 Å². The first-order valence-corrected chi connectivity index (χ1v) is 5.42. The van der Waals surface area contributed by atoms with Crippen LogP contribution in [0.1, 0.15) is 45.4 Å². The molecule has 3 heteroatoms. The summed E-state index contributed by atoms with van der Waals surface area (Å²) >= 11 is 0. The normalized spacial score (nSPS) is 22.1. The van der Waals surface area contributed by atoms with Crippen molar-refractivity contribution in [3.05, 3.63) is 0 Å². The Balaban J connectivity index is 2.22. The van der Waals surface area contributed by atoms with Crippen LogP contribution in [0.4, 0.5) is 0 Å². The lowest BCUT2D eigenvalue weighted by molar-refractivity contribution is -0.143. The Morgan fingerprint density at radius 3 is 2.93 bits per heavy atom. The first-order valence-electron chi connectivity index (χ1n) is 5.42. The third kappa shape index (κ3) is 3.48. The van der Waals surface area contributed by atoms with Gasteiger partial charge < -0.3 is 4.74 Å². The van der Waals surface area contributed by atoms with Gasteiger partial charge in [0, 0.05) is 18.8 Å². The summed E-state index contributed by atoms with van der Waals surface area (Å²) in [7, 11) is 0. The van der Waals surface area contributed by atoms with E-state index in [1.807, 2.05) is 0 Å². The largest absolute Gasteiger partial charge is 0.466 e. The summed E-state index contributed by atoms with van der Waals surface area (Å²) in [5.74, 6) is 0.277. The number of hydrogen-bond acceptors (Lipinski definition) is 3. The molecule has 1 aliphatic carbocycles. The lowest BCUT2D eigenvalue weighted by Crippen LogP contribution is -2.20. The van der Waals surface area contributed by atoms with Crippen LogP contribution in [0.2, 0.25) is 0 Å². The molecule has 0 aromatic carbocycles. The lowest BCUT2D eigenvalue weighted by atomic mass is 9.85. The van der Waals surface area contributed by atoms with Crippen LogP contribution in [0.5, 0.6) is 0 Å². The van der Waals surface area contributed by atoms with Gasteiger partial charge in [0.15, 0.2) is 0 Å². The Bertz CT molecular complexity index is 211. The molecule has 0 saturated heterocycles. The molecule has 0 aliphatic heterocycles. The highest BCUT2D eigenvalue weighted by Crippen LogP contribution is 2.24. The van der Waals surface area contributed by atoms with Gasteiger partial charge in [0.1, 0.15) is 5.78 Å². The molecule has 3 nitrogen and oxygen atoms in total. The smallest absolute Gasteiger partial charge is 0.305 e.